The summed E-state index contributed by atoms with van der Waals surface area (Å²) in [5.74, 6) is 1.28. The standard InChI is InChI=1S/C22H24N2O4/c25-22(8-4-17-3-7-20-21(15-17)28-14-13-27-20)23-19-5-1-18(2-6-19)16-24-9-11-26-12-10-24/h1-8,15H,9-14,16H2,(H,23,25)/b8-4-. The van der Waals surface area contributed by atoms with Crippen LogP contribution in [0.3, 0.4) is 0 Å². The van der Waals surface area contributed by atoms with Gasteiger partial charge in [0, 0.05) is 31.4 Å². The fourth-order valence-corrected chi connectivity index (χ4v) is 3.23. The molecule has 0 aliphatic carbocycles. The molecule has 0 bridgehead atoms. The summed E-state index contributed by atoms with van der Waals surface area (Å²) < 4.78 is 16.4. The lowest BCUT2D eigenvalue weighted by Gasteiger charge is -2.26. The molecule has 1 fully saturated rings. The lowest BCUT2D eigenvalue weighted by atomic mass is 10.1. The number of anilines is 1. The smallest absolute Gasteiger partial charge is 0.248 e. The molecule has 1 saturated heterocycles. The SMILES string of the molecule is O=C(/C=C\c1ccc2c(c1)OCCO2)Nc1ccc(CN2CCOCC2)cc1. The van der Waals surface area contributed by atoms with Gasteiger partial charge in [-0.15, -0.1) is 0 Å². The maximum absolute atomic E-state index is 12.2. The van der Waals surface area contributed by atoms with Gasteiger partial charge in [0.25, 0.3) is 0 Å². The zero-order valence-corrected chi connectivity index (χ0v) is 15.7. The van der Waals surface area contributed by atoms with Crippen molar-refractivity contribution in [2.75, 3.05) is 44.8 Å². The molecule has 1 amide bonds. The predicted octanol–water partition coefficient (Wildman–Crippen LogP) is 2.94. The van der Waals surface area contributed by atoms with Gasteiger partial charge < -0.3 is 19.5 Å². The van der Waals surface area contributed by atoms with Crippen molar-refractivity contribution >= 4 is 17.7 Å². The highest BCUT2D eigenvalue weighted by Gasteiger charge is 2.12. The number of hydrogen-bond acceptors (Lipinski definition) is 5. The van der Waals surface area contributed by atoms with E-state index in [-0.39, 0.29) is 5.91 Å². The van der Waals surface area contributed by atoms with Crippen molar-refractivity contribution in [1.82, 2.24) is 4.90 Å². The van der Waals surface area contributed by atoms with Gasteiger partial charge in [0.2, 0.25) is 5.91 Å². The van der Waals surface area contributed by atoms with Crippen LogP contribution in [-0.4, -0.2) is 50.3 Å². The van der Waals surface area contributed by atoms with Gasteiger partial charge in [0.1, 0.15) is 13.2 Å². The largest absolute Gasteiger partial charge is 0.486 e. The van der Waals surface area contributed by atoms with Crippen LogP contribution in [0.4, 0.5) is 5.69 Å². The molecule has 2 aromatic carbocycles. The summed E-state index contributed by atoms with van der Waals surface area (Å²) >= 11 is 0. The van der Waals surface area contributed by atoms with Crippen LogP contribution in [0.25, 0.3) is 6.08 Å². The number of hydrogen-bond donors (Lipinski definition) is 1. The Hall–Kier alpha value is -2.83. The van der Waals surface area contributed by atoms with Crippen molar-refractivity contribution in [1.29, 1.82) is 0 Å². The second kappa shape index (κ2) is 8.91. The fourth-order valence-electron chi connectivity index (χ4n) is 3.23. The summed E-state index contributed by atoms with van der Waals surface area (Å²) in [6.07, 6.45) is 3.29. The molecule has 146 valence electrons. The average molecular weight is 380 g/mol. The minimum Gasteiger partial charge on any atom is -0.486 e. The minimum absolute atomic E-state index is 0.171. The van der Waals surface area contributed by atoms with Crippen LogP contribution in [0.15, 0.2) is 48.5 Å². The number of carbonyl (C=O) groups excluding carboxylic acids is 1. The topological polar surface area (TPSA) is 60.0 Å². The highest BCUT2D eigenvalue weighted by molar-refractivity contribution is 6.01. The van der Waals surface area contributed by atoms with Crippen LogP contribution in [0.1, 0.15) is 11.1 Å². The Balaban J connectivity index is 1.31. The Morgan fingerprint density at radius 3 is 2.50 bits per heavy atom. The predicted molar refractivity (Wildman–Crippen MR) is 108 cm³/mol. The summed E-state index contributed by atoms with van der Waals surface area (Å²) in [5.41, 5.74) is 2.90. The molecule has 1 N–H and O–H groups in total. The first kappa shape index (κ1) is 18.5. The lowest BCUT2D eigenvalue weighted by molar-refractivity contribution is -0.111. The maximum Gasteiger partial charge on any atom is 0.248 e. The molecule has 6 heteroatoms. The van der Waals surface area contributed by atoms with Crippen LogP contribution in [0.2, 0.25) is 0 Å². The van der Waals surface area contributed by atoms with E-state index in [2.05, 4.69) is 22.3 Å². The Labute approximate surface area is 164 Å². The van der Waals surface area contributed by atoms with Crippen LogP contribution in [0.5, 0.6) is 11.5 Å². The summed E-state index contributed by atoms with van der Waals surface area (Å²) in [6, 6.07) is 13.6. The average Bonchev–Trinajstić information content (AvgIpc) is 2.74. The van der Waals surface area contributed by atoms with Crippen molar-refractivity contribution in [2.24, 2.45) is 0 Å². The lowest BCUT2D eigenvalue weighted by Crippen LogP contribution is -2.35. The van der Waals surface area contributed by atoms with Crippen LogP contribution in [0, 0.1) is 0 Å². The van der Waals surface area contributed by atoms with E-state index in [0.29, 0.717) is 19.0 Å². The van der Waals surface area contributed by atoms with E-state index in [4.69, 9.17) is 14.2 Å². The van der Waals surface area contributed by atoms with Crippen molar-refractivity contribution in [3.63, 3.8) is 0 Å². The highest BCUT2D eigenvalue weighted by atomic mass is 16.6. The number of rotatable bonds is 5. The molecule has 0 saturated carbocycles. The summed E-state index contributed by atoms with van der Waals surface area (Å²) in [4.78, 5) is 14.6. The van der Waals surface area contributed by atoms with Gasteiger partial charge >= 0.3 is 0 Å². The maximum atomic E-state index is 12.2. The molecule has 0 radical (unpaired) electrons. The minimum atomic E-state index is -0.171. The molecule has 0 unspecified atom stereocenters. The molecule has 2 aliphatic rings. The molecule has 4 rings (SSSR count). The monoisotopic (exact) mass is 380 g/mol. The van der Waals surface area contributed by atoms with Crippen molar-refractivity contribution in [3.8, 4) is 11.5 Å². The third-order valence-electron chi connectivity index (χ3n) is 4.72. The van der Waals surface area contributed by atoms with Crippen LogP contribution in [-0.2, 0) is 16.1 Å². The number of fused-ring (bicyclic) bond motifs is 1. The van der Waals surface area contributed by atoms with E-state index in [0.717, 1.165) is 49.8 Å². The zero-order chi connectivity index (χ0) is 19.2. The number of carbonyl (C=O) groups is 1. The first-order chi connectivity index (χ1) is 13.8. The van der Waals surface area contributed by atoms with Crippen LogP contribution < -0.4 is 14.8 Å². The fraction of sp³-hybridized carbons (Fsp3) is 0.318. The third-order valence-corrected chi connectivity index (χ3v) is 4.72. The molecule has 0 atom stereocenters. The van der Waals surface area contributed by atoms with Crippen molar-refractivity contribution in [3.05, 3.63) is 59.7 Å². The van der Waals surface area contributed by atoms with E-state index in [1.54, 1.807) is 6.08 Å². The summed E-state index contributed by atoms with van der Waals surface area (Å²) in [5, 5.41) is 2.89. The van der Waals surface area contributed by atoms with Gasteiger partial charge in [-0.2, -0.15) is 0 Å². The Kier molecular flexibility index (Phi) is 5.89. The van der Waals surface area contributed by atoms with Gasteiger partial charge in [-0.3, -0.25) is 9.69 Å². The molecule has 2 heterocycles. The second-order valence-electron chi connectivity index (χ2n) is 6.81. The first-order valence-electron chi connectivity index (χ1n) is 9.54. The van der Waals surface area contributed by atoms with E-state index in [9.17, 15) is 4.79 Å². The Morgan fingerprint density at radius 1 is 0.964 bits per heavy atom. The second-order valence-corrected chi connectivity index (χ2v) is 6.81. The van der Waals surface area contributed by atoms with E-state index < -0.39 is 0 Å². The van der Waals surface area contributed by atoms with Crippen molar-refractivity contribution in [2.45, 2.75) is 6.54 Å². The summed E-state index contributed by atoms with van der Waals surface area (Å²) in [6.45, 7) is 5.53. The Bertz CT molecular complexity index is 842. The molecule has 28 heavy (non-hydrogen) atoms. The van der Waals surface area contributed by atoms with E-state index >= 15 is 0 Å². The Morgan fingerprint density at radius 2 is 1.71 bits per heavy atom. The quantitative estimate of drug-likeness (QED) is 0.809. The third kappa shape index (κ3) is 4.91. The number of nitrogens with zero attached hydrogens (tertiary/aromatic N) is 1. The number of ether oxygens (including phenoxy) is 3. The van der Waals surface area contributed by atoms with Gasteiger partial charge in [-0.1, -0.05) is 18.2 Å². The van der Waals surface area contributed by atoms with E-state index in [1.165, 1.54) is 11.6 Å². The zero-order valence-electron chi connectivity index (χ0n) is 15.7. The number of nitrogens with one attached hydrogen (secondary N) is 1. The first-order valence-corrected chi connectivity index (χ1v) is 9.54. The molecular weight excluding hydrogens is 356 g/mol. The number of amides is 1. The highest BCUT2D eigenvalue weighted by Crippen LogP contribution is 2.31. The molecule has 2 aliphatic heterocycles. The molecule has 0 spiro atoms. The molecular formula is C22H24N2O4. The van der Waals surface area contributed by atoms with Gasteiger partial charge in [-0.05, 0) is 41.5 Å². The molecule has 6 nitrogen and oxygen atoms in total. The van der Waals surface area contributed by atoms with Gasteiger partial charge in [0.05, 0.1) is 13.2 Å². The molecule has 2 aromatic rings. The normalized spacial score (nSPS) is 16.9. The van der Waals surface area contributed by atoms with Gasteiger partial charge in [0.15, 0.2) is 11.5 Å². The number of benzene rings is 2. The number of morpholine rings is 1. The van der Waals surface area contributed by atoms with Crippen LogP contribution >= 0.6 is 0 Å². The van der Waals surface area contributed by atoms with Crippen molar-refractivity contribution < 1.29 is 19.0 Å². The van der Waals surface area contributed by atoms with E-state index in [1.807, 2.05) is 30.3 Å². The molecule has 0 aromatic heterocycles. The van der Waals surface area contributed by atoms with Gasteiger partial charge in [-0.25, -0.2) is 0 Å². The summed E-state index contributed by atoms with van der Waals surface area (Å²) in [7, 11) is 0.